The maximum atomic E-state index is 4.29. The van der Waals surface area contributed by atoms with Gasteiger partial charge in [-0.3, -0.25) is 5.10 Å². The molecule has 0 spiro atoms. The van der Waals surface area contributed by atoms with Crippen LogP contribution in [0.2, 0.25) is 0 Å². The van der Waals surface area contributed by atoms with Gasteiger partial charge >= 0.3 is 0 Å². The zero-order chi connectivity index (χ0) is 11.8. The molecular weight excluding hydrogens is 200 g/mol. The quantitative estimate of drug-likeness (QED) is 0.712. The fourth-order valence-corrected chi connectivity index (χ4v) is 1.79. The van der Waals surface area contributed by atoms with Crippen LogP contribution in [0.1, 0.15) is 51.2 Å². The van der Waals surface area contributed by atoms with Gasteiger partial charge in [-0.2, -0.15) is 5.10 Å². The molecule has 2 N–H and O–H groups in total. The van der Waals surface area contributed by atoms with Gasteiger partial charge in [-0.1, -0.05) is 26.7 Å². The molecule has 0 aliphatic carbocycles. The molecule has 0 radical (unpaired) electrons. The van der Waals surface area contributed by atoms with Crippen molar-refractivity contribution < 1.29 is 0 Å². The second-order valence-electron chi connectivity index (χ2n) is 4.29. The first-order chi connectivity index (χ1) is 7.76. The second-order valence-corrected chi connectivity index (χ2v) is 4.29. The van der Waals surface area contributed by atoms with E-state index in [1.807, 2.05) is 6.92 Å². The number of nitrogens with one attached hydrogen (secondary N) is 2. The molecule has 92 valence electrons. The monoisotopic (exact) mass is 224 g/mol. The van der Waals surface area contributed by atoms with Gasteiger partial charge in [-0.15, -0.1) is 0 Å². The van der Waals surface area contributed by atoms with Crippen molar-refractivity contribution in [3.05, 3.63) is 11.6 Å². The minimum Gasteiger partial charge on any atom is -0.314 e. The number of nitrogens with zero attached hydrogens (tertiary/aromatic N) is 2. The summed E-state index contributed by atoms with van der Waals surface area (Å²) >= 11 is 0. The Morgan fingerprint density at radius 1 is 1.38 bits per heavy atom. The number of hydrogen-bond donors (Lipinski definition) is 2. The lowest BCUT2D eigenvalue weighted by Gasteiger charge is -2.15. The van der Waals surface area contributed by atoms with Crippen LogP contribution in [-0.4, -0.2) is 27.8 Å². The number of H-pyrrole nitrogens is 1. The van der Waals surface area contributed by atoms with Crippen molar-refractivity contribution in [3.63, 3.8) is 0 Å². The highest BCUT2D eigenvalue weighted by atomic mass is 15.2. The summed E-state index contributed by atoms with van der Waals surface area (Å²) in [5.74, 6) is 1.81. The normalized spacial score (nSPS) is 12.9. The van der Waals surface area contributed by atoms with E-state index in [4.69, 9.17) is 0 Å². The third-order valence-corrected chi connectivity index (χ3v) is 2.82. The lowest BCUT2D eigenvalue weighted by Crippen LogP contribution is -2.30. The van der Waals surface area contributed by atoms with Crippen molar-refractivity contribution >= 4 is 0 Å². The van der Waals surface area contributed by atoms with Crippen molar-refractivity contribution in [2.24, 2.45) is 0 Å². The van der Waals surface area contributed by atoms with Crippen molar-refractivity contribution in [1.82, 2.24) is 20.5 Å². The highest BCUT2D eigenvalue weighted by Gasteiger charge is 2.05. The second kappa shape index (κ2) is 7.39. The molecule has 4 heteroatoms. The largest absolute Gasteiger partial charge is 0.314 e. The molecule has 0 amide bonds. The molecule has 0 bridgehead atoms. The van der Waals surface area contributed by atoms with Gasteiger partial charge in [0.2, 0.25) is 0 Å². The highest BCUT2D eigenvalue weighted by Crippen LogP contribution is 2.03. The van der Waals surface area contributed by atoms with E-state index >= 15 is 0 Å². The molecule has 16 heavy (non-hydrogen) atoms. The Morgan fingerprint density at radius 2 is 2.19 bits per heavy atom. The smallest absolute Gasteiger partial charge is 0.151 e. The average molecular weight is 224 g/mol. The van der Waals surface area contributed by atoms with Gasteiger partial charge in [0.15, 0.2) is 5.82 Å². The Morgan fingerprint density at radius 3 is 2.75 bits per heavy atom. The molecule has 1 heterocycles. The predicted octanol–water partition coefficient (Wildman–Crippen LogP) is 2.21. The SMILES string of the molecule is CCCCC(CC)NCCc1n[nH]c(C)n1. The average Bonchev–Trinajstić information content (AvgIpc) is 2.69. The summed E-state index contributed by atoms with van der Waals surface area (Å²) in [6, 6.07) is 0.653. The summed E-state index contributed by atoms with van der Waals surface area (Å²) in [6.45, 7) is 7.38. The first kappa shape index (κ1) is 13.2. The number of rotatable bonds is 8. The van der Waals surface area contributed by atoms with Gasteiger partial charge in [-0.05, 0) is 19.8 Å². The van der Waals surface area contributed by atoms with E-state index in [2.05, 4.69) is 34.3 Å². The van der Waals surface area contributed by atoms with Crippen molar-refractivity contribution in [1.29, 1.82) is 0 Å². The molecular formula is C12H24N4. The van der Waals surface area contributed by atoms with Crippen molar-refractivity contribution in [3.8, 4) is 0 Å². The molecule has 0 saturated heterocycles. The fraction of sp³-hybridized carbons (Fsp3) is 0.833. The molecule has 0 aromatic carbocycles. The zero-order valence-corrected chi connectivity index (χ0v) is 10.7. The Kier molecular flexibility index (Phi) is 6.08. The Labute approximate surface area is 98.2 Å². The minimum absolute atomic E-state index is 0.653. The zero-order valence-electron chi connectivity index (χ0n) is 10.7. The van der Waals surface area contributed by atoms with Crippen LogP contribution in [0.15, 0.2) is 0 Å². The van der Waals surface area contributed by atoms with E-state index in [1.54, 1.807) is 0 Å². The summed E-state index contributed by atoms with van der Waals surface area (Å²) in [5, 5.41) is 10.6. The summed E-state index contributed by atoms with van der Waals surface area (Å²) in [6.07, 6.45) is 5.98. The standard InChI is InChI=1S/C12H24N4/c1-4-6-7-11(5-2)13-9-8-12-14-10(3)15-16-12/h11,13H,4-9H2,1-3H3,(H,14,15,16). The number of aryl methyl sites for hydroxylation is 1. The summed E-state index contributed by atoms with van der Waals surface area (Å²) in [5.41, 5.74) is 0. The molecule has 1 unspecified atom stereocenters. The minimum atomic E-state index is 0.653. The highest BCUT2D eigenvalue weighted by molar-refractivity contribution is 4.88. The van der Waals surface area contributed by atoms with Gasteiger partial charge in [0, 0.05) is 19.0 Å². The number of aromatic nitrogens is 3. The first-order valence-electron chi connectivity index (χ1n) is 6.37. The van der Waals surface area contributed by atoms with Crippen molar-refractivity contribution in [2.75, 3.05) is 6.54 Å². The van der Waals surface area contributed by atoms with Crippen LogP contribution in [0.4, 0.5) is 0 Å². The van der Waals surface area contributed by atoms with Crippen LogP contribution in [0.3, 0.4) is 0 Å². The van der Waals surface area contributed by atoms with E-state index in [-0.39, 0.29) is 0 Å². The number of hydrogen-bond acceptors (Lipinski definition) is 3. The molecule has 1 rings (SSSR count). The molecule has 1 atom stereocenters. The Balaban J connectivity index is 2.17. The lowest BCUT2D eigenvalue weighted by molar-refractivity contribution is 0.454. The van der Waals surface area contributed by atoms with Crippen LogP contribution in [0.25, 0.3) is 0 Å². The van der Waals surface area contributed by atoms with E-state index < -0.39 is 0 Å². The molecule has 1 aromatic rings. The summed E-state index contributed by atoms with van der Waals surface area (Å²) in [7, 11) is 0. The third-order valence-electron chi connectivity index (χ3n) is 2.82. The van der Waals surface area contributed by atoms with Gasteiger partial charge in [-0.25, -0.2) is 4.98 Å². The van der Waals surface area contributed by atoms with Crippen LogP contribution in [0.5, 0.6) is 0 Å². The molecule has 0 fully saturated rings. The van der Waals surface area contributed by atoms with Crippen LogP contribution >= 0.6 is 0 Å². The third kappa shape index (κ3) is 4.75. The lowest BCUT2D eigenvalue weighted by atomic mass is 10.1. The van der Waals surface area contributed by atoms with E-state index in [0.717, 1.165) is 24.6 Å². The molecule has 1 aromatic heterocycles. The Hall–Kier alpha value is -0.900. The van der Waals surface area contributed by atoms with Crippen LogP contribution in [-0.2, 0) is 6.42 Å². The maximum absolute atomic E-state index is 4.29. The van der Waals surface area contributed by atoms with E-state index in [1.165, 1.54) is 25.7 Å². The summed E-state index contributed by atoms with van der Waals surface area (Å²) in [4.78, 5) is 4.29. The van der Waals surface area contributed by atoms with Gasteiger partial charge in [0.05, 0.1) is 0 Å². The molecule has 0 saturated carbocycles. The van der Waals surface area contributed by atoms with E-state index in [9.17, 15) is 0 Å². The summed E-state index contributed by atoms with van der Waals surface area (Å²) < 4.78 is 0. The molecule has 0 aliphatic heterocycles. The predicted molar refractivity (Wildman–Crippen MR) is 66.4 cm³/mol. The van der Waals surface area contributed by atoms with Gasteiger partial charge < -0.3 is 5.32 Å². The number of aromatic amines is 1. The van der Waals surface area contributed by atoms with Gasteiger partial charge in [0.1, 0.15) is 5.82 Å². The van der Waals surface area contributed by atoms with Crippen LogP contribution in [0, 0.1) is 6.92 Å². The first-order valence-corrected chi connectivity index (χ1v) is 6.37. The molecule has 0 aliphatic rings. The topological polar surface area (TPSA) is 53.6 Å². The Bertz CT molecular complexity index is 282. The number of unbranched alkanes of at least 4 members (excludes halogenated alkanes) is 1. The van der Waals surface area contributed by atoms with Gasteiger partial charge in [0.25, 0.3) is 0 Å². The van der Waals surface area contributed by atoms with Crippen LogP contribution < -0.4 is 5.32 Å². The van der Waals surface area contributed by atoms with Crippen molar-refractivity contribution in [2.45, 2.75) is 58.9 Å². The van der Waals surface area contributed by atoms with E-state index in [0.29, 0.717) is 6.04 Å². The fourth-order valence-electron chi connectivity index (χ4n) is 1.79. The molecule has 4 nitrogen and oxygen atoms in total. The maximum Gasteiger partial charge on any atom is 0.151 e.